The number of aryl methyl sites for hydroxylation is 1. The van der Waals surface area contributed by atoms with Crippen LogP contribution in [-0.4, -0.2) is 37.8 Å². The Kier molecular flexibility index (Phi) is 4.25. The molecule has 9 heteroatoms. The van der Waals surface area contributed by atoms with E-state index in [0.29, 0.717) is 40.2 Å². The Morgan fingerprint density at radius 2 is 2.07 bits per heavy atom. The molecule has 3 heterocycles. The smallest absolute Gasteiger partial charge is 0.259 e. The summed E-state index contributed by atoms with van der Waals surface area (Å²) in [7, 11) is 1.55. The molecule has 1 aromatic carbocycles. The minimum Gasteiger partial charge on any atom is -0.495 e. The normalized spacial score (nSPS) is 10.9. The Balaban J connectivity index is 1.59. The second-order valence-corrected chi connectivity index (χ2v) is 5.83. The van der Waals surface area contributed by atoms with Crippen LogP contribution in [0.25, 0.3) is 17.1 Å². The number of para-hydroxylation sites is 2. The van der Waals surface area contributed by atoms with Crippen molar-refractivity contribution >= 4 is 17.2 Å². The van der Waals surface area contributed by atoms with Crippen LogP contribution < -0.4 is 10.1 Å². The van der Waals surface area contributed by atoms with E-state index < -0.39 is 0 Å². The molecule has 0 atom stereocenters. The van der Waals surface area contributed by atoms with Crippen molar-refractivity contribution in [3.8, 4) is 17.2 Å². The predicted octanol–water partition coefficient (Wildman–Crippen LogP) is 2.28. The number of hydrogen-bond acceptors (Lipinski definition) is 7. The standard InChI is InChI=1S/C18H16N6O3/c1-11-19-18(27-23-11)12-7-8-15-21-22-16(24(15)10-12)9-17(25)20-13-5-3-4-6-14(13)26-2/h3-8,10H,9H2,1-2H3,(H,20,25). The van der Waals surface area contributed by atoms with Gasteiger partial charge < -0.3 is 14.6 Å². The number of methoxy groups -OCH3 is 1. The highest BCUT2D eigenvalue weighted by Crippen LogP contribution is 2.23. The number of nitrogens with zero attached hydrogens (tertiary/aromatic N) is 5. The van der Waals surface area contributed by atoms with Gasteiger partial charge in [-0.1, -0.05) is 17.3 Å². The van der Waals surface area contributed by atoms with E-state index in [1.807, 2.05) is 18.2 Å². The van der Waals surface area contributed by atoms with E-state index in [4.69, 9.17) is 9.26 Å². The highest BCUT2D eigenvalue weighted by atomic mass is 16.5. The minimum atomic E-state index is -0.229. The van der Waals surface area contributed by atoms with Crippen molar-refractivity contribution in [3.05, 3.63) is 54.2 Å². The molecule has 1 N–H and O–H groups in total. The fourth-order valence-electron chi connectivity index (χ4n) is 2.69. The van der Waals surface area contributed by atoms with E-state index in [-0.39, 0.29) is 12.3 Å². The van der Waals surface area contributed by atoms with Crippen molar-refractivity contribution in [2.45, 2.75) is 13.3 Å². The lowest BCUT2D eigenvalue weighted by atomic mass is 10.2. The first kappa shape index (κ1) is 16.7. The van der Waals surface area contributed by atoms with Gasteiger partial charge in [0.2, 0.25) is 5.91 Å². The average Bonchev–Trinajstić information content (AvgIpc) is 3.28. The molecule has 0 aliphatic heterocycles. The number of benzene rings is 1. The number of anilines is 1. The Bertz CT molecular complexity index is 1120. The van der Waals surface area contributed by atoms with E-state index in [9.17, 15) is 4.79 Å². The number of amides is 1. The number of aromatic nitrogens is 5. The Morgan fingerprint density at radius 3 is 2.85 bits per heavy atom. The first-order valence-electron chi connectivity index (χ1n) is 8.21. The molecule has 4 rings (SSSR count). The molecule has 4 aromatic rings. The van der Waals surface area contributed by atoms with Gasteiger partial charge in [-0.2, -0.15) is 4.98 Å². The lowest BCUT2D eigenvalue weighted by molar-refractivity contribution is -0.115. The summed E-state index contributed by atoms with van der Waals surface area (Å²) < 4.78 is 12.2. The van der Waals surface area contributed by atoms with Crippen LogP contribution in [0.5, 0.6) is 5.75 Å². The fourth-order valence-corrected chi connectivity index (χ4v) is 2.69. The SMILES string of the molecule is COc1ccccc1NC(=O)Cc1nnc2ccc(-c3nc(C)no3)cn12. The van der Waals surface area contributed by atoms with Gasteiger partial charge in [0.25, 0.3) is 5.89 Å². The van der Waals surface area contributed by atoms with E-state index in [0.717, 1.165) is 0 Å². The van der Waals surface area contributed by atoms with Crippen LogP contribution in [-0.2, 0) is 11.2 Å². The average molecular weight is 364 g/mol. The number of rotatable bonds is 5. The van der Waals surface area contributed by atoms with Gasteiger partial charge in [0, 0.05) is 6.20 Å². The zero-order valence-electron chi connectivity index (χ0n) is 14.7. The first-order valence-corrected chi connectivity index (χ1v) is 8.21. The van der Waals surface area contributed by atoms with E-state index >= 15 is 0 Å². The van der Waals surface area contributed by atoms with E-state index in [1.165, 1.54) is 0 Å². The van der Waals surface area contributed by atoms with Crippen molar-refractivity contribution in [3.63, 3.8) is 0 Å². The van der Waals surface area contributed by atoms with Gasteiger partial charge in [-0.3, -0.25) is 9.20 Å². The van der Waals surface area contributed by atoms with Crippen LogP contribution in [0.15, 0.2) is 47.1 Å². The summed E-state index contributed by atoms with van der Waals surface area (Å²) in [6.07, 6.45) is 1.82. The quantitative estimate of drug-likeness (QED) is 0.579. The number of ether oxygens (including phenoxy) is 1. The van der Waals surface area contributed by atoms with Crippen molar-refractivity contribution in [1.82, 2.24) is 24.7 Å². The third-order valence-corrected chi connectivity index (χ3v) is 3.95. The monoisotopic (exact) mass is 364 g/mol. The van der Waals surface area contributed by atoms with E-state index in [1.54, 1.807) is 42.8 Å². The molecule has 1 amide bonds. The maximum atomic E-state index is 12.5. The lowest BCUT2D eigenvalue weighted by Gasteiger charge is -2.09. The number of fused-ring (bicyclic) bond motifs is 1. The van der Waals surface area contributed by atoms with Crippen molar-refractivity contribution in [1.29, 1.82) is 0 Å². The number of carbonyl (C=O) groups is 1. The number of hydrogen-bond donors (Lipinski definition) is 1. The van der Waals surface area contributed by atoms with Gasteiger partial charge in [0.15, 0.2) is 11.5 Å². The largest absolute Gasteiger partial charge is 0.495 e. The summed E-state index contributed by atoms with van der Waals surface area (Å²) in [6, 6.07) is 10.8. The summed E-state index contributed by atoms with van der Waals surface area (Å²) >= 11 is 0. The summed E-state index contributed by atoms with van der Waals surface area (Å²) in [5.74, 6) is 1.80. The van der Waals surface area contributed by atoms with Gasteiger partial charge in [-0.05, 0) is 31.2 Å². The summed E-state index contributed by atoms with van der Waals surface area (Å²) in [6.45, 7) is 1.75. The van der Waals surface area contributed by atoms with Crippen molar-refractivity contribution in [2.24, 2.45) is 0 Å². The Labute approximate surface area is 154 Å². The second kappa shape index (κ2) is 6.87. The zero-order chi connectivity index (χ0) is 18.8. The lowest BCUT2D eigenvalue weighted by Crippen LogP contribution is -2.16. The second-order valence-electron chi connectivity index (χ2n) is 5.83. The maximum absolute atomic E-state index is 12.5. The summed E-state index contributed by atoms with van der Waals surface area (Å²) in [5, 5.41) is 14.8. The number of nitrogens with one attached hydrogen (secondary N) is 1. The van der Waals surface area contributed by atoms with Gasteiger partial charge >= 0.3 is 0 Å². The fraction of sp³-hybridized carbons (Fsp3) is 0.167. The molecule has 0 saturated heterocycles. The van der Waals surface area contributed by atoms with Crippen LogP contribution in [0, 0.1) is 6.92 Å². The molecule has 3 aromatic heterocycles. The molecule has 136 valence electrons. The molecule has 0 aliphatic carbocycles. The molecule has 0 radical (unpaired) electrons. The summed E-state index contributed by atoms with van der Waals surface area (Å²) in [5.41, 5.74) is 1.94. The molecule has 0 fully saturated rings. The molecule has 0 unspecified atom stereocenters. The maximum Gasteiger partial charge on any atom is 0.259 e. The Hall–Kier alpha value is -3.75. The van der Waals surface area contributed by atoms with Crippen LogP contribution in [0.3, 0.4) is 0 Å². The molecular weight excluding hydrogens is 348 g/mol. The molecule has 27 heavy (non-hydrogen) atoms. The van der Waals surface area contributed by atoms with Crippen molar-refractivity contribution < 1.29 is 14.1 Å². The topological polar surface area (TPSA) is 107 Å². The third kappa shape index (κ3) is 3.34. The number of carbonyl (C=O) groups excluding carboxylic acids is 1. The molecule has 0 bridgehead atoms. The third-order valence-electron chi connectivity index (χ3n) is 3.95. The van der Waals surface area contributed by atoms with Gasteiger partial charge in [-0.15, -0.1) is 10.2 Å². The van der Waals surface area contributed by atoms with E-state index in [2.05, 4.69) is 25.7 Å². The van der Waals surface area contributed by atoms with Crippen LogP contribution in [0.4, 0.5) is 5.69 Å². The Morgan fingerprint density at radius 1 is 1.22 bits per heavy atom. The minimum absolute atomic E-state index is 0.0472. The van der Waals surface area contributed by atoms with Crippen LogP contribution in [0.2, 0.25) is 0 Å². The molecule has 0 aliphatic rings. The van der Waals surface area contributed by atoms with Crippen molar-refractivity contribution in [2.75, 3.05) is 12.4 Å². The first-order chi connectivity index (χ1) is 13.1. The number of pyridine rings is 1. The predicted molar refractivity (Wildman–Crippen MR) is 96.3 cm³/mol. The highest BCUT2D eigenvalue weighted by Gasteiger charge is 2.14. The van der Waals surface area contributed by atoms with Gasteiger partial charge in [0.1, 0.15) is 11.6 Å². The molecular formula is C18H16N6O3. The van der Waals surface area contributed by atoms with Crippen LogP contribution >= 0.6 is 0 Å². The van der Waals surface area contributed by atoms with Gasteiger partial charge in [0.05, 0.1) is 24.8 Å². The van der Waals surface area contributed by atoms with Gasteiger partial charge in [-0.25, -0.2) is 0 Å². The molecule has 0 spiro atoms. The zero-order valence-corrected chi connectivity index (χ0v) is 14.7. The summed E-state index contributed by atoms with van der Waals surface area (Å²) in [4.78, 5) is 16.7. The highest BCUT2D eigenvalue weighted by molar-refractivity contribution is 5.93. The molecule has 0 saturated carbocycles. The molecule has 9 nitrogen and oxygen atoms in total. The van der Waals surface area contributed by atoms with Crippen LogP contribution in [0.1, 0.15) is 11.6 Å².